The third-order valence-corrected chi connectivity index (χ3v) is 2.89. The highest BCUT2D eigenvalue weighted by atomic mass is 16.5. The molecule has 1 saturated heterocycles. The summed E-state index contributed by atoms with van der Waals surface area (Å²) >= 11 is 0. The fourth-order valence-electron chi connectivity index (χ4n) is 2.00. The first kappa shape index (κ1) is 10.5. The van der Waals surface area contributed by atoms with Crippen LogP contribution in [0.1, 0.15) is 10.6 Å². The highest BCUT2D eigenvalue weighted by Crippen LogP contribution is 2.20. The number of para-hydroxylation sites is 1. The van der Waals surface area contributed by atoms with Gasteiger partial charge in [-0.25, -0.2) is 0 Å². The Labute approximate surface area is 98.6 Å². The molecule has 1 aliphatic heterocycles. The summed E-state index contributed by atoms with van der Waals surface area (Å²) in [5.41, 5.74) is 0.736. The second-order valence-corrected chi connectivity index (χ2v) is 4.08. The number of ketones is 1. The molecule has 1 aromatic heterocycles. The number of ether oxygens (including phenoxy) is 1. The van der Waals surface area contributed by atoms with Crippen LogP contribution in [0.4, 0.5) is 0 Å². The molecule has 17 heavy (non-hydrogen) atoms. The van der Waals surface area contributed by atoms with Crippen LogP contribution in [0.25, 0.3) is 11.0 Å². The molecule has 1 unspecified atom stereocenters. The van der Waals surface area contributed by atoms with Crippen molar-refractivity contribution in [3.05, 3.63) is 36.1 Å². The molecule has 1 fully saturated rings. The predicted molar refractivity (Wildman–Crippen MR) is 63.2 cm³/mol. The minimum atomic E-state index is -0.427. The fourth-order valence-corrected chi connectivity index (χ4v) is 2.00. The van der Waals surface area contributed by atoms with E-state index in [0.29, 0.717) is 18.9 Å². The number of rotatable bonds is 2. The number of hydrogen-bond donors (Lipinski definition) is 1. The Morgan fingerprint density at radius 3 is 3.00 bits per heavy atom. The zero-order valence-electron chi connectivity index (χ0n) is 9.31. The first-order chi connectivity index (χ1) is 8.34. The number of nitrogens with one attached hydrogen (secondary N) is 1. The maximum atomic E-state index is 12.1. The van der Waals surface area contributed by atoms with Crippen LogP contribution in [0.3, 0.4) is 0 Å². The molecule has 2 heterocycles. The third kappa shape index (κ3) is 1.97. The van der Waals surface area contributed by atoms with E-state index in [-0.39, 0.29) is 5.78 Å². The van der Waals surface area contributed by atoms with E-state index in [1.165, 1.54) is 0 Å². The number of hydrogen-bond acceptors (Lipinski definition) is 4. The van der Waals surface area contributed by atoms with Gasteiger partial charge in [0.15, 0.2) is 5.76 Å². The van der Waals surface area contributed by atoms with Crippen molar-refractivity contribution in [3.8, 4) is 0 Å². The van der Waals surface area contributed by atoms with Crippen LogP contribution >= 0.6 is 0 Å². The number of carbonyl (C=O) groups is 1. The first-order valence-electron chi connectivity index (χ1n) is 5.70. The molecule has 4 heteroatoms. The number of morpholine rings is 1. The Morgan fingerprint density at radius 2 is 2.24 bits per heavy atom. The topological polar surface area (TPSA) is 51.5 Å². The molecule has 4 nitrogen and oxygen atoms in total. The Hall–Kier alpha value is -1.65. The lowest BCUT2D eigenvalue weighted by atomic mass is 10.1. The van der Waals surface area contributed by atoms with E-state index in [1.807, 2.05) is 24.3 Å². The minimum Gasteiger partial charge on any atom is -0.453 e. The van der Waals surface area contributed by atoms with Gasteiger partial charge in [0.2, 0.25) is 5.78 Å². The van der Waals surface area contributed by atoms with Gasteiger partial charge in [-0.3, -0.25) is 4.79 Å². The molecule has 0 spiro atoms. The summed E-state index contributed by atoms with van der Waals surface area (Å²) in [5.74, 6) is 0.285. The molecule has 88 valence electrons. The normalized spacial score (nSPS) is 20.6. The van der Waals surface area contributed by atoms with E-state index in [0.717, 1.165) is 17.5 Å². The highest BCUT2D eigenvalue weighted by molar-refractivity contribution is 6.00. The van der Waals surface area contributed by atoms with Gasteiger partial charge >= 0.3 is 0 Å². The molecule has 1 atom stereocenters. The van der Waals surface area contributed by atoms with Gasteiger partial charge in [-0.2, -0.15) is 0 Å². The Kier molecular flexibility index (Phi) is 2.66. The summed E-state index contributed by atoms with van der Waals surface area (Å²) in [4.78, 5) is 12.1. The highest BCUT2D eigenvalue weighted by Gasteiger charge is 2.25. The second-order valence-electron chi connectivity index (χ2n) is 4.08. The van der Waals surface area contributed by atoms with E-state index in [2.05, 4.69) is 5.32 Å². The maximum Gasteiger partial charge on any atom is 0.227 e. The van der Waals surface area contributed by atoms with Crippen LogP contribution in [0.5, 0.6) is 0 Å². The summed E-state index contributed by atoms with van der Waals surface area (Å²) in [7, 11) is 0. The van der Waals surface area contributed by atoms with Gasteiger partial charge < -0.3 is 14.5 Å². The summed E-state index contributed by atoms with van der Waals surface area (Å²) in [5, 5.41) is 4.08. The van der Waals surface area contributed by atoms with Crippen molar-refractivity contribution in [2.24, 2.45) is 0 Å². The van der Waals surface area contributed by atoms with Crippen molar-refractivity contribution < 1.29 is 13.9 Å². The quantitative estimate of drug-likeness (QED) is 0.798. The van der Waals surface area contributed by atoms with Gasteiger partial charge in [0.05, 0.1) is 6.61 Å². The van der Waals surface area contributed by atoms with Crippen LogP contribution < -0.4 is 5.32 Å². The van der Waals surface area contributed by atoms with Gasteiger partial charge in [-0.15, -0.1) is 0 Å². The molecule has 1 N–H and O–H groups in total. The molecule has 1 aromatic carbocycles. The zero-order valence-corrected chi connectivity index (χ0v) is 9.31. The van der Waals surface area contributed by atoms with Crippen molar-refractivity contribution in [1.82, 2.24) is 5.32 Å². The standard InChI is InChI=1S/C13H13NO3/c15-13(12-8-14-5-6-16-12)11-7-9-3-1-2-4-10(9)17-11/h1-4,7,12,14H,5-6,8H2. The van der Waals surface area contributed by atoms with Gasteiger partial charge in [0, 0.05) is 18.5 Å². The summed E-state index contributed by atoms with van der Waals surface area (Å²) in [6.07, 6.45) is -0.427. The Balaban J connectivity index is 1.89. The van der Waals surface area contributed by atoms with E-state index < -0.39 is 6.10 Å². The summed E-state index contributed by atoms with van der Waals surface area (Å²) in [6.45, 7) is 1.91. The Morgan fingerprint density at radius 1 is 1.35 bits per heavy atom. The number of furan rings is 1. The van der Waals surface area contributed by atoms with Gasteiger partial charge in [-0.05, 0) is 12.1 Å². The van der Waals surface area contributed by atoms with Crippen molar-refractivity contribution in [1.29, 1.82) is 0 Å². The second kappa shape index (κ2) is 4.31. The van der Waals surface area contributed by atoms with Crippen molar-refractivity contribution in [3.63, 3.8) is 0 Å². The predicted octanol–water partition coefficient (Wildman–Crippen LogP) is 1.60. The monoisotopic (exact) mass is 231 g/mol. The number of fused-ring (bicyclic) bond motifs is 1. The zero-order chi connectivity index (χ0) is 11.7. The fraction of sp³-hybridized carbons (Fsp3) is 0.308. The van der Waals surface area contributed by atoms with Crippen molar-refractivity contribution in [2.75, 3.05) is 19.7 Å². The lowest BCUT2D eigenvalue weighted by Crippen LogP contribution is -2.42. The van der Waals surface area contributed by atoms with Gasteiger partial charge in [-0.1, -0.05) is 18.2 Å². The van der Waals surface area contributed by atoms with Gasteiger partial charge in [0.25, 0.3) is 0 Å². The first-order valence-corrected chi connectivity index (χ1v) is 5.70. The van der Waals surface area contributed by atoms with Crippen molar-refractivity contribution >= 4 is 16.8 Å². The smallest absolute Gasteiger partial charge is 0.227 e. The van der Waals surface area contributed by atoms with Crippen LogP contribution in [0.2, 0.25) is 0 Å². The van der Waals surface area contributed by atoms with Crippen LogP contribution in [-0.4, -0.2) is 31.6 Å². The van der Waals surface area contributed by atoms with E-state index >= 15 is 0 Å². The molecule has 3 rings (SSSR count). The SMILES string of the molecule is O=C(c1cc2ccccc2o1)C1CNCCO1. The van der Waals surface area contributed by atoms with Crippen LogP contribution in [0, 0.1) is 0 Å². The molecule has 0 aliphatic carbocycles. The molecule has 1 aliphatic rings. The van der Waals surface area contributed by atoms with E-state index in [4.69, 9.17) is 9.15 Å². The summed E-state index contributed by atoms with van der Waals surface area (Å²) in [6, 6.07) is 9.36. The van der Waals surface area contributed by atoms with Crippen LogP contribution in [0.15, 0.2) is 34.7 Å². The number of benzene rings is 1. The minimum absolute atomic E-state index is 0.0894. The largest absolute Gasteiger partial charge is 0.453 e. The molecular formula is C13H13NO3. The molecule has 0 bridgehead atoms. The average molecular weight is 231 g/mol. The number of Topliss-reactive ketones (excluding diaryl/α,β-unsaturated/α-hetero) is 1. The molecule has 0 saturated carbocycles. The third-order valence-electron chi connectivity index (χ3n) is 2.89. The maximum absolute atomic E-state index is 12.1. The van der Waals surface area contributed by atoms with Crippen molar-refractivity contribution in [2.45, 2.75) is 6.10 Å². The Bertz CT molecular complexity index is 507. The van der Waals surface area contributed by atoms with E-state index in [9.17, 15) is 4.79 Å². The lowest BCUT2D eigenvalue weighted by Gasteiger charge is -2.21. The molecule has 0 radical (unpaired) electrons. The van der Waals surface area contributed by atoms with Gasteiger partial charge in [0.1, 0.15) is 11.7 Å². The summed E-state index contributed by atoms with van der Waals surface area (Å²) < 4.78 is 10.9. The lowest BCUT2D eigenvalue weighted by molar-refractivity contribution is 0.0251. The molecular weight excluding hydrogens is 218 g/mol. The molecule has 2 aromatic rings. The van der Waals surface area contributed by atoms with E-state index in [1.54, 1.807) is 6.07 Å². The molecule has 0 amide bonds. The number of carbonyl (C=O) groups excluding carboxylic acids is 1. The average Bonchev–Trinajstić information content (AvgIpc) is 2.82. The van der Waals surface area contributed by atoms with Crippen LogP contribution in [-0.2, 0) is 4.74 Å².